The number of hydrogen-bond donors (Lipinski definition) is 0. The van der Waals surface area contributed by atoms with Crippen molar-refractivity contribution in [3.63, 3.8) is 0 Å². The number of allylic oxidation sites excluding steroid dienone is 1. The Morgan fingerprint density at radius 3 is 2.36 bits per heavy atom. The Bertz CT molecular complexity index is 859. The molecule has 0 aromatic heterocycles. The number of carbonyl (C=O) groups is 2. The number of benzene rings is 1. The van der Waals surface area contributed by atoms with Gasteiger partial charge in [0.2, 0.25) is 0 Å². The first kappa shape index (κ1) is 20.4. The third-order valence-electron chi connectivity index (χ3n) is 5.21. The number of esters is 2. The average Bonchev–Trinajstić information content (AvgIpc) is 2.78. The molecule has 4 heteroatoms. The van der Waals surface area contributed by atoms with Crippen molar-refractivity contribution in [1.82, 2.24) is 0 Å². The summed E-state index contributed by atoms with van der Waals surface area (Å²) >= 11 is 0. The van der Waals surface area contributed by atoms with Crippen LogP contribution < -0.4 is 0 Å². The van der Waals surface area contributed by atoms with Crippen LogP contribution in [-0.4, -0.2) is 17.5 Å². The maximum atomic E-state index is 13.0. The molecule has 1 aliphatic heterocycles. The molecular formula is C24H30O4. The summed E-state index contributed by atoms with van der Waals surface area (Å²) in [4.78, 5) is 25.7. The van der Waals surface area contributed by atoms with Gasteiger partial charge in [0.15, 0.2) is 11.4 Å². The van der Waals surface area contributed by atoms with Crippen molar-refractivity contribution < 1.29 is 19.1 Å². The fourth-order valence-electron chi connectivity index (χ4n) is 4.19. The molecule has 150 valence electrons. The Hall–Kier alpha value is -2.36. The van der Waals surface area contributed by atoms with Gasteiger partial charge in [0.05, 0.1) is 6.42 Å². The van der Waals surface area contributed by atoms with E-state index in [-0.39, 0.29) is 17.8 Å². The molecule has 0 saturated heterocycles. The van der Waals surface area contributed by atoms with Crippen molar-refractivity contribution >= 4 is 17.5 Å². The highest BCUT2D eigenvalue weighted by Crippen LogP contribution is 2.46. The molecule has 3 rings (SSSR count). The van der Waals surface area contributed by atoms with E-state index in [0.717, 1.165) is 35.1 Å². The Balaban J connectivity index is 2.17. The SMILES string of the molecule is Cc1cc(C)c(C2=C(OC(=O)CC(C)(C)C)C3(C=CCCC3)OC2=O)c(C)c1. The van der Waals surface area contributed by atoms with Gasteiger partial charge in [-0.1, -0.05) is 44.5 Å². The molecule has 2 aliphatic rings. The zero-order valence-electron chi connectivity index (χ0n) is 17.8. The molecule has 4 nitrogen and oxygen atoms in total. The van der Waals surface area contributed by atoms with Gasteiger partial charge in [-0.3, -0.25) is 4.79 Å². The molecule has 0 amide bonds. The number of rotatable bonds is 3. The molecule has 0 bridgehead atoms. The van der Waals surface area contributed by atoms with Gasteiger partial charge in [-0.2, -0.15) is 0 Å². The van der Waals surface area contributed by atoms with Crippen LogP contribution in [0.4, 0.5) is 0 Å². The topological polar surface area (TPSA) is 52.6 Å². The van der Waals surface area contributed by atoms with Crippen LogP contribution in [0.1, 0.15) is 68.7 Å². The smallest absolute Gasteiger partial charge is 0.343 e. The van der Waals surface area contributed by atoms with Gasteiger partial charge in [0, 0.05) is 0 Å². The summed E-state index contributed by atoms with van der Waals surface area (Å²) in [5.74, 6) is -0.392. The number of carbonyl (C=O) groups excluding carboxylic acids is 2. The molecule has 0 N–H and O–H groups in total. The maximum Gasteiger partial charge on any atom is 0.343 e. The van der Waals surface area contributed by atoms with Crippen molar-refractivity contribution in [1.29, 1.82) is 0 Å². The van der Waals surface area contributed by atoms with Crippen LogP contribution in [0.25, 0.3) is 5.57 Å². The van der Waals surface area contributed by atoms with Gasteiger partial charge < -0.3 is 9.47 Å². The fourth-order valence-corrected chi connectivity index (χ4v) is 4.19. The Kier molecular flexibility index (Phi) is 5.26. The lowest BCUT2D eigenvalue weighted by Crippen LogP contribution is -2.33. The van der Waals surface area contributed by atoms with Crippen LogP contribution in [-0.2, 0) is 19.1 Å². The van der Waals surface area contributed by atoms with Gasteiger partial charge in [0.25, 0.3) is 0 Å². The van der Waals surface area contributed by atoms with Crippen molar-refractivity contribution in [2.45, 2.75) is 72.8 Å². The first-order chi connectivity index (χ1) is 13.0. The summed E-state index contributed by atoms with van der Waals surface area (Å²) in [5, 5.41) is 0. The second kappa shape index (κ2) is 7.23. The van der Waals surface area contributed by atoms with E-state index in [4.69, 9.17) is 9.47 Å². The predicted molar refractivity (Wildman–Crippen MR) is 110 cm³/mol. The molecule has 1 spiro atoms. The van der Waals surface area contributed by atoms with Gasteiger partial charge in [0.1, 0.15) is 5.57 Å². The third-order valence-corrected chi connectivity index (χ3v) is 5.21. The van der Waals surface area contributed by atoms with Crippen LogP contribution >= 0.6 is 0 Å². The lowest BCUT2D eigenvalue weighted by molar-refractivity contribution is -0.151. The number of hydrogen-bond acceptors (Lipinski definition) is 4. The zero-order valence-corrected chi connectivity index (χ0v) is 17.8. The molecule has 0 radical (unpaired) electrons. The molecule has 28 heavy (non-hydrogen) atoms. The van der Waals surface area contributed by atoms with Crippen molar-refractivity contribution in [3.05, 3.63) is 52.3 Å². The molecule has 0 saturated carbocycles. The first-order valence-corrected chi connectivity index (χ1v) is 9.97. The van der Waals surface area contributed by atoms with Crippen LogP contribution in [0, 0.1) is 26.2 Å². The van der Waals surface area contributed by atoms with Crippen LogP contribution in [0.3, 0.4) is 0 Å². The molecular weight excluding hydrogens is 352 g/mol. The quantitative estimate of drug-likeness (QED) is 0.523. The van der Waals surface area contributed by atoms with Crippen molar-refractivity contribution in [2.75, 3.05) is 0 Å². The normalized spacial score (nSPS) is 22.0. The van der Waals surface area contributed by atoms with Gasteiger partial charge in [-0.15, -0.1) is 0 Å². The molecule has 1 aromatic rings. The number of aryl methyl sites for hydroxylation is 3. The Morgan fingerprint density at radius 2 is 1.82 bits per heavy atom. The number of ether oxygens (including phenoxy) is 2. The summed E-state index contributed by atoms with van der Waals surface area (Å²) < 4.78 is 11.8. The lowest BCUT2D eigenvalue weighted by atomic mass is 9.85. The van der Waals surface area contributed by atoms with Crippen molar-refractivity contribution in [3.8, 4) is 0 Å². The minimum Gasteiger partial charge on any atom is -0.443 e. The van der Waals surface area contributed by atoms with E-state index >= 15 is 0 Å². The predicted octanol–water partition coefficient (Wildman–Crippen LogP) is 5.34. The maximum absolute atomic E-state index is 13.0. The van der Waals surface area contributed by atoms with E-state index in [1.165, 1.54) is 0 Å². The Labute approximate surface area is 167 Å². The largest absolute Gasteiger partial charge is 0.443 e. The van der Waals surface area contributed by atoms with Gasteiger partial charge in [-0.25, -0.2) is 4.79 Å². The van der Waals surface area contributed by atoms with E-state index in [0.29, 0.717) is 17.8 Å². The van der Waals surface area contributed by atoms with Gasteiger partial charge in [-0.05, 0) is 68.2 Å². The van der Waals surface area contributed by atoms with E-state index < -0.39 is 11.6 Å². The highest BCUT2D eigenvalue weighted by molar-refractivity contribution is 6.21. The molecule has 1 unspecified atom stereocenters. The molecule has 0 fully saturated rings. The monoisotopic (exact) mass is 382 g/mol. The summed E-state index contributed by atoms with van der Waals surface area (Å²) in [7, 11) is 0. The van der Waals surface area contributed by atoms with Crippen molar-refractivity contribution in [2.24, 2.45) is 5.41 Å². The summed E-state index contributed by atoms with van der Waals surface area (Å²) in [5.41, 5.74) is 3.11. The van der Waals surface area contributed by atoms with E-state index in [2.05, 4.69) is 0 Å². The van der Waals surface area contributed by atoms with Crippen LogP contribution in [0.2, 0.25) is 0 Å². The van der Waals surface area contributed by atoms with E-state index in [9.17, 15) is 9.59 Å². The summed E-state index contributed by atoms with van der Waals surface area (Å²) in [6.45, 7) is 12.0. The van der Waals surface area contributed by atoms with E-state index in [1.54, 1.807) is 0 Å². The summed E-state index contributed by atoms with van der Waals surface area (Å²) in [6.07, 6.45) is 6.60. The van der Waals surface area contributed by atoms with Gasteiger partial charge >= 0.3 is 11.9 Å². The van der Waals surface area contributed by atoms with Crippen LogP contribution in [0.15, 0.2) is 30.0 Å². The van der Waals surface area contributed by atoms with Crippen LogP contribution in [0.5, 0.6) is 0 Å². The third kappa shape index (κ3) is 3.91. The molecule has 1 aromatic carbocycles. The molecule has 1 atom stereocenters. The molecule has 1 aliphatic carbocycles. The lowest BCUT2D eigenvalue weighted by Gasteiger charge is -2.30. The molecule has 1 heterocycles. The average molecular weight is 383 g/mol. The minimum atomic E-state index is -0.970. The highest BCUT2D eigenvalue weighted by Gasteiger charge is 2.50. The Morgan fingerprint density at radius 1 is 1.18 bits per heavy atom. The van der Waals surface area contributed by atoms with E-state index in [1.807, 2.05) is 65.8 Å². The summed E-state index contributed by atoms with van der Waals surface area (Å²) in [6, 6.07) is 4.08. The second-order valence-electron chi connectivity index (χ2n) is 9.26. The zero-order chi connectivity index (χ0) is 20.7. The minimum absolute atomic E-state index is 0.202. The highest BCUT2D eigenvalue weighted by atomic mass is 16.6. The second-order valence-corrected chi connectivity index (χ2v) is 9.26. The first-order valence-electron chi connectivity index (χ1n) is 9.97. The fraction of sp³-hybridized carbons (Fsp3) is 0.500. The standard InChI is InChI=1S/C24H30O4/c1-15-12-16(2)19(17(3)13-15)20-21(27-18(25)14-23(4,5)6)24(28-22(20)26)10-8-7-9-11-24/h8,10,12-13H,7,9,11,14H2,1-6H3.